The van der Waals surface area contributed by atoms with Crippen molar-refractivity contribution in [2.75, 3.05) is 6.54 Å². The van der Waals surface area contributed by atoms with Gasteiger partial charge in [0.15, 0.2) is 0 Å². The summed E-state index contributed by atoms with van der Waals surface area (Å²) in [7, 11) is 0. The molecule has 0 aromatic heterocycles. The molecule has 1 nitrogen and oxygen atoms in total. The second-order valence-electron chi connectivity index (χ2n) is 5.84. The molecule has 0 amide bonds. The van der Waals surface area contributed by atoms with Gasteiger partial charge in [0.2, 0.25) is 0 Å². The van der Waals surface area contributed by atoms with E-state index in [2.05, 4.69) is 58.1 Å². The van der Waals surface area contributed by atoms with Crippen LogP contribution in [0.15, 0.2) is 18.2 Å². The molecule has 18 heavy (non-hydrogen) atoms. The van der Waals surface area contributed by atoms with Gasteiger partial charge in [-0.15, -0.1) is 0 Å². The minimum absolute atomic E-state index is 0.521. The Morgan fingerprint density at radius 1 is 1.11 bits per heavy atom. The number of hydrogen-bond donors (Lipinski definition) is 1. The summed E-state index contributed by atoms with van der Waals surface area (Å²) in [5.41, 5.74) is 4.26. The highest BCUT2D eigenvalue weighted by molar-refractivity contribution is 5.32. The second-order valence-corrected chi connectivity index (χ2v) is 5.84. The van der Waals surface area contributed by atoms with Crippen molar-refractivity contribution in [3.63, 3.8) is 0 Å². The summed E-state index contributed by atoms with van der Waals surface area (Å²) >= 11 is 0. The lowest BCUT2D eigenvalue weighted by Crippen LogP contribution is -2.23. The van der Waals surface area contributed by atoms with Crippen LogP contribution < -0.4 is 5.32 Å². The fourth-order valence-corrected chi connectivity index (χ4v) is 2.40. The molecule has 0 fully saturated rings. The van der Waals surface area contributed by atoms with Crippen LogP contribution in [0, 0.1) is 19.8 Å². The van der Waals surface area contributed by atoms with Gasteiger partial charge in [0.25, 0.3) is 0 Å². The van der Waals surface area contributed by atoms with Crippen molar-refractivity contribution in [1.82, 2.24) is 5.32 Å². The fraction of sp³-hybridized carbons (Fsp3) is 0.647. The average molecular weight is 247 g/mol. The standard InChI is InChI=1S/C17H29N/c1-6-11-18-17(10-7-13(2)3)16-9-8-14(4)12-15(16)5/h8-9,12-13,17-18H,6-7,10-11H2,1-5H3. The Kier molecular flexibility index (Phi) is 6.42. The van der Waals surface area contributed by atoms with Gasteiger partial charge in [-0.1, -0.05) is 44.5 Å². The van der Waals surface area contributed by atoms with Crippen molar-refractivity contribution < 1.29 is 0 Å². The molecule has 1 aromatic rings. The predicted octanol–water partition coefficient (Wildman–Crippen LogP) is 4.78. The van der Waals surface area contributed by atoms with Gasteiger partial charge in [-0.2, -0.15) is 0 Å². The molecule has 0 saturated carbocycles. The van der Waals surface area contributed by atoms with Gasteiger partial charge in [-0.05, 0) is 56.7 Å². The van der Waals surface area contributed by atoms with Crippen LogP contribution in [0.5, 0.6) is 0 Å². The smallest absolute Gasteiger partial charge is 0.0322 e. The van der Waals surface area contributed by atoms with Gasteiger partial charge in [-0.3, -0.25) is 0 Å². The van der Waals surface area contributed by atoms with E-state index in [-0.39, 0.29) is 0 Å². The van der Waals surface area contributed by atoms with Gasteiger partial charge in [0.1, 0.15) is 0 Å². The van der Waals surface area contributed by atoms with Crippen LogP contribution in [0.25, 0.3) is 0 Å². The first-order chi connectivity index (χ1) is 8.54. The molecule has 0 bridgehead atoms. The zero-order valence-electron chi connectivity index (χ0n) is 12.7. The molecule has 1 heteroatoms. The maximum absolute atomic E-state index is 3.70. The molecule has 0 radical (unpaired) electrons. The maximum Gasteiger partial charge on any atom is 0.0322 e. The number of benzene rings is 1. The lowest BCUT2D eigenvalue weighted by Gasteiger charge is -2.22. The highest BCUT2D eigenvalue weighted by Gasteiger charge is 2.13. The van der Waals surface area contributed by atoms with Gasteiger partial charge in [-0.25, -0.2) is 0 Å². The van der Waals surface area contributed by atoms with Gasteiger partial charge in [0, 0.05) is 6.04 Å². The summed E-state index contributed by atoms with van der Waals surface area (Å²) in [5, 5.41) is 3.70. The molecule has 0 aliphatic rings. The molecule has 102 valence electrons. The molecule has 1 rings (SSSR count). The van der Waals surface area contributed by atoms with Crippen molar-refractivity contribution in [3.8, 4) is 0 Å². The van der Waals surface area contributed by atoms with E-state index in [9.17, 15) is 0 Å². The Hall–Kier alpha value is -0.820. The highest BCUT2D eigenvalue weighted by atomic mass is 14.9. The van der Waals surface area contributed by atoms with Crippen LogP contribution in [-0.4, -0.2) is 6.54 Å². The third-order valence-electron chi connectivity index (χ3n) is 3.47. The van der Waals surface area contributed by atoms with E-state index in [1.807, 2.05) is 0 Å². The highest BCUT2D eigenvalue weighted by Crippen LogP contribution is 2.24. The van der Waals surface area contributed by atoms with E-state index >= 15 is 0 Å². The quantitative estimate of drug-likeness (QED) is 0.731. The summed E-state index contributed by atoms with van der Waals surface area (Å²) in [6.45, 7) is 12.3. The minimum Gasteiger partial charge on any atom is -0.310 e. The molecule has 0 heterocycles. The molecule has 1 aromatic carbocycles. The van der Waals surface area contributed by atoms with Crippen molar-refractivity contribution >= 4 is 0 Å². The van der Waals surface area contributed by atoms with Crippen LogP contribution in [0.3, 0.4) is 0 Å². The first-order valence-corrected chi connectivity index (χ1v) is 7.35. The molecular weight excluding hydrogens is 218 g/mol. The Morgan fingerprint density at radius 2 is 1.83 bits per heavy atom. The first-order valence-electron chi connectivity index (χ1n) is 7.35. The van der Waals surface area contributed by atoms with Crippen molar-refractivity contribution in [1.29, 1.82) is 0 Å². The van der Waals surface area contributed by atoms with Crippen LogP contribution in [0.1, 0.15) is 62.8 Å². The van der Waals surface area contributed by atoms with Crippen LogP contribution in [-0.2, 0) is 0 Å². The van der Waals surface area contributed by atoms with E-state index in [0.29, 0.717) is 6.04 Å². The minimum atomic E-state index is 0.521. The first kappa shape index (κ1) is 15.2. The monoisotopic (exact) mass is 247 g/mol. The Bertz CT molecular complexity index is 355. The maximum atomic E-state index is 3.70. The summed E-state index contributed by atoms with van der Waals surface area (Å²) < 4.78 is 0. The van der Waals surface area contributed by atoms with E-state index in [1.54, 1.807) is 0 Å². The summed E-state index contributed by atoms with van der Waals surface area (Å²) in [6, 6.07) is 7.36. The Labute approximate surface area is 113 Å². The topological polar surface area (TPSA) is 12.0 Å². The van der Waals surface area contributed by atoms with E-state index < -0.39 is 0 Å². The second kappa shape index (κ2) is 7.58. The van der Waals surface area contributed by atoms with Crippen LogP contribution in [0.2, 0.25) is 0 Å². The third-order valence-corrected chi connectivity index (χ3v) is 3.47. The number of rotatable bonds is 7. The summed E-state index contributed by atoms with van der Waals surface area (Å²) in [5.74, 6) is 0.779. The zero-order chi connectivity index (χ0) is 13.5. The van der Waals surface area contributed by atoms with Crippen molar-refractivity contribution in [3.05, 3.63) is 34.9 Å². The van der Waals surface area contributed by atoms with Gasteiger partial charge < -0.3 is 5.32 Å². The SMILES string of the molecule is CCCNC(CCC(C)C)c1ccc(C)cc1C. The fourth-order valence-electron chi connectivity index (χ4n) is 2.40. The van der Waals surface area contributed by atoms with E-state index in [4.69, 9.17) is 0 Å². The summed E-state index contributed by atoms with van der Waals surface area (Å²) in [6.07, 6.45) is 3.72. The number of hydrogen-bond acceptors (Lipinski definition) is 1. The molecule has 1 N–H and O–H groups in total. The lowest BCUT2D eigenvalue weighted by atomic mass is 9.93. The molecule has 0 saturated heterocycles. The van der Waals surface area contributed by atoms with Crippen molar-refractivity contribution in [2.24, 2.45) is 5.92 Å². The average Bonchev–Trinajstić information content (AvgIpc) is 2.30. The zero-order valence-corrected chi connectivity index (χ0v) is 12.7. The molecular formula is C17H29N. The van der Waals surface area contributed by atoms with Crippen molar-refractivity contribution in [2.45, 2.75) is 59.9 Å². The number of aryl methyl sites for hydroxylation is 2. The largest absolute Gasteiger partial charge is 0.310 e. The van der Waals surface area contributed by atoms with E-state index in [0.717, 1.165) is 12.5 Å². The molecule has 1 unspecified atom stereocenters. The van der Waals surface area contributed by atoms with Gasteiger partial charge >= 0.3 is 0 Å². The molecule has 0 aliphatic heterocycles. The Morgan fingerprint density at radius 3 is 2.39 bits per heavy atom. The van der Waals surface area contributed by atoms with Gasteiger partial charge in [0.05, 0.1) is 0 Å². The Balaban J connectivity index is 2.79. The molecule has 1 atom stereocenters. The van der Waals surface area contributed by atoms with Crippen LogP contribution in [0.4, 0.5) is 0 Å². The van der Waals surface area contributed by atoms with E-state index in [1.165, 1.54) is 36.0 Å². The van der Waals surface area contributed by atoms with Crippen LogP contribution >= 0.6 is 0 Å². The number of nitrogens with one attached hydrogen (secondary N) is 1. The predicted molar refractivity (Wildman–Crippen MR) is 81.0 cm³/mol. The normalized spacial score (nSPS) is 13.0. The summed E-state index contributed by atoms with van der Waals surface area (Å²) in [4.78, 5) is 0. The lowest BCUT2D eigenvalue weighted by molar-refractivity contribution is 0.439. The molecule has 0 aliphatic carbocycles. The third kappa shape index (κ3) is 4.81. The molecule has 0 spiro atoms.